The molecule has 16 heavy (non-hydrogen) atoms. The fourth-order valence-corrected chi connectivity index (χ4v) is 2.80. The van der Waals surface area contributed by atoms with Crippen molar-refractivity contribution in [3.8, 4) is 6.07 Å². The lowest BCUT2D eigenvalue weighted by molar-refractivity contribution is -0.147. The molecule has 2 aliphatic rings. The molecule has 88 valence electrons. The van der Waals surface area contributed by atoms with Crippen LogP contribution in [0.2, 0.25) is 0 Å². The first kappa shape index (κ1) is 11.4. The molecule has 0 radical (unpaired) electrons. The zero-order chi connectivity index (χ0) is 11.8. The van der Waals surface area contributed by atoms with Crippen molar-refractivity contribution in [2.75, 3.05) is 6.54 Å². The molecule has 1 saturated carbocycles. The minimum Gasteiger partial charge on any atom is -0.338 e. The van der Waals surface area contributed by atoms with Crippen molar-refractivity contribution in [2.24, 2.45) is 11.3 Å². The summed E-state index contributed by atoms with van der Waals surface area (Å²) in [5, 5.41) is 9.19. The molecule has 2 fully saturated rings. The molecule has 0 aromatic heterocycles. The lowest BCUT2D eigenvalue weighted by atomic mass is 9.68. The summed E-state index contributed by atoms with van der Waals surface area (Å²) in [7, 11) is 0. The molecule has 0 N–H and O–H groups in total. The van der Waals surface area contributed by atoms with Gasteiger partial charge in [-0.15, -0.1) is 0 Å². The molecule has 2 atom stereocenters. The molecule has 1 heterocycles. The van der Waals surface area contributed by atoms with Crippen LogP contribution in [0.25, 0.3) is 0 Å². The van der Waals surface area contributed by atoms with Gasteiger partial charge in [-0.05, 0) is 44.9 Å². The lowest BCUT2D eigenvalue weighted by Gasteiger charge is -2.44. The first-order valence-corrected chi connectivity index (χ1v) is 6.33. The van der Waals surface area contributed by atoms with Crippen LogP contribution in [0.3, 0.4) is 0 Å². The average molecular weight is 220 g/mol. The predicted molar refractivity (Wildman–Crippen MR) is 61.5 cm³/mol. The first-order valence-electron chi connectivity index (χ1n) is 6.33. The highest BCUT2D eigenvalue weighted by molar-refractivity contribution is 5.86. The zero-order valence-electron chi connectivity index (χ0n) is 10.2. The van der Waals surface area contributed by atoms with E-state index in [-0.39, 0.29) is 5.91 Å². The van der Waals surface area contributed by atoms with E-state index in [0.29, 0.717) is 12.0 Å². The molecule has 0 bridgehead atoms. The smallest absolute Gasteiger partial charge is 0.243 e. The van der Waals surface area contributed by atoms with Crippen molar-refractivity contribution in [1.82, 2.24) is 4.90 Å². The van der Waals surface area contributed by atoms with Crippen LogP contribution in [0.4, 0.5) is 0 Å². The number of carbonyl (C=O) groups excluding carboxylic acids is 1. The van der Waals surface area contributed by atoms with E-state index in [0.717, 1.165) is 32.2 Å². The summed E-state index contributed by atoms with van der Waals surface area (Å²) in [6, 6.07) is 2.55. The SMILES string of the molecule is CC1CCCN(C(=O)C2(C#N)CCC2)C1C. The number of hydrogen-bond donors (Lipinski definition) is 0. The van der Waals surface area contributed by atoms with Gasteiger partial charge in [0, 0.05) is 12.6 Å². The maximum absolute atomic E-state index is 12.4. The Morgan fingerprint density at radius 3 is 2.56 bits per heavy atom. The normalized spacial score (nSPS) is 32.7. The number of hydrogen-bond acceptors (Lipinski definition) is 2. The summed E-state index contributed by atoms with van der Waals surface area (Å²) < 4.78 is 0. The maximum Gasteiger partial charge on any atom is 0.243 e. The van der Waals surface area contributed by atoms with Crippen LogP contribution in [0.5, 0.6) is 0 Å². The second-order valence-electron chi connectivity index (χ2n) is 5.41. The maximum atomic E-state index is 12.4. The summed E-state index contributed by atoms with van der Waals surface area (Å²) in [6.45, 7) is 5.16. The van der Waals surface area contributed by atoms with Crippen LogP contribution in [-0.4, -0.2) is 23.4 Å². The van der Waals surface area contributed by atoms with E-state index in [4.69, 9.17) is 0 Å². The second kappa shape index (κ2) is 4.08. The molecule has 3 nitrogen and oxygen atoms in total. The van der Waals surface area contributed by atoms with E-state index in [9.17, 15) is 10.1 Å². The molecule has 2 rings (SSSR count). The van der Waals surface area contributed by atoms with Crippen molar-refractivity contribution in [1.29, 1.82) is 5.26 Å². The first-order chi connectivity index (χ1) is 7.60. The molecule has 2 unspecified atom stereocenters. The molecule has 1 saturated heterocycles. The molecular weight excluding hydrogens is 200 g/mol. The summed E-state index contributed by atoms with van der Waals surface area (Å²) >= 11 is 0. The van der Waals surface area contributed by atoms with Crippen molar-refractivity contribution < 1.29 is 4.79 Å². The topological polar surface area (TPSA) is 44.1 Å². The highest BCUT2D eigenvalue weighted by Gasteiger charge is 2.48. The van der Waals surface area contributed by atoms with E-state index < -0.39 is 5.41 Å². The van der Waals surface area contributed by atoms with Gasteiger partial charge in [0.15, 0.2) is 0 Å². The fraction of sp³-hybridized carbons (Fsp3) is 0.846. The number of piperidine rings is 1. The molecule has 3 heteroatoms. The number of amides is 1. The van der Waals surface area contributed by atoms with E-state index in [1.165, 1.54) is 6.42 Å². The van der Waals surface area contributed by atoms with Gasteiger partial charge in [-0.1, -0.05) is 6.92 Å². The van der Waals surface area contributed by atoms with Crippen LogP contribution in [-0.2, 0) is 4.79 Å². The van der Waals surface area contributed by atoms with Gasteiger partial charge in [-0.3, -0.25) is 4.79 Å². The Bertz CT molecular complexity index is 327. The van der Waals surface area contributed by atoms with Gasteiger partial charge in [0.05, 0.1) is 6.07 Å². The molecule has 0 spiro atoms. The molecule has 0 aromatic carbocycles. The minimum absolute atomic E-state index is 0.0975. The highest BCUT2D eigenvalue weighted by Crippen LogP contribution is 2.43. The van der Waals surface area contributed by atoms with E-state index in [1.807, 2.05) is 4.90 Å². The molecule has 1 aliphatic carbocycles. The van der Waals surface area contributed by atoms with Gasteiger partial charge in [0.1, 0.15) is 5.41 Å². The minimum atomic E-state index is -0.661. The van der Waals surface area contributed by atoms with Crippen molar-refractivity contribution >= 4 is 5.91 Å². The Morgan fingerprint density at radius 1 is 1.38 bits per heavy atom. The van der Waals surface area contributed by atoms with Gasteiger partial charge >= 0.3 is 0 Å². The van der Waals surface area contributed by atoms with E-state index in [1.54, 1.807) is 0 Å². The number of carbonyl (C=O) groups is 1. The Morgan fingerprint density at radius 2 is 2.06 bits per heavy atom. The molecule has 1 amide bonds. The van der Waals surface area contributed by atoms with Crippen LogP contribution < -0.4 is 0 Å². The summed E-state index contributed by atoms with van der Waals surface area (Å²) in [5.74, 6) is 0.661. The van der Waals surface area contributed by atoms with Gasteiger partial charge in [-0.25, -0.2) is 0 Å². The van der Waals surface area contributed by atoms with Crippen molar-refractivity contribution in [2.45, 2.75) is 52.0 Å². The molecule has 1 aliphatic heterocycles. The average Bonchev–Trinajstić information content (AvgIpc) is 2.21. The summed E-state index contributed by atoms with van der Waals surface area (Å²) in [6.07, 6.45) is 4.83. The van der Waals surface area contributed by atoms with Crippen molar-refractivity contribution in [3.05, 3.63) is 0 Å². The Labute approximate surface area is 97.4 Å². The van der Waals surface area contributed by atoms with Crippen LogP contribution in [0.1, 0.15) is 46.0 Å². The number of likely N-dealkylation sites (tertiary alicyclic amines) is 1. The fourth-order valence-electron chi connectivity index (χ4n) is 2.80. The van der Waals surface area contributed by atoms with Gasteiger partial charge in [-0.2, -0.15) is 5.26 Å². The zero-order valence-corrected chi connectivity index (χ0v) is 10.2. The Balaban J connectivity index is 2.12. The standard InChI is InChI=1S/C13H20N2O/c1-10-5-3-8-15(11(10)2)12(16)13(9-14)6-4-7-13/h10-11H,3-8H2,1-2H3. The third-order valence-corrected chi connectivity index (χ3v) is 4.46. The largest absolute Gasteiger partial charge is 0.338 e. The number of rotatable bonds is 1. The predicted octanol–water partition coefficient (Wildman–Crippen LogP) is 2.33. The monoisotopic (exact) mass is 220 g/mol. The van der Waals surface area contributed by atoms with Gasteiger partial charge in [0.2, 0.25) is 5.91 Å². The van der Waals surface area contributed by atoms with Crippen molar-refractivity contribution in [3.63, 3.8) is 0 Å². The quantitative estimate of drug-likeness (QED) is 0.680. The van der Waals surface area contributed by atoms with E-state index in [2.05, 4.69) is 19.9 Å². The third kappa shape index (κ3) is 1.61. The van der Waals surface area contributed by atoms with E-state index >= 15 is 0 Å². The van der Waals surface area contributed by atoms with Gasteiger partial charge in [0.25, 0.3) is 0 Å². The molecular formula is C13H20N2O. The Hall–Kier alpha value is -1.04. The summed E-state index contributed by atoms with van der Waals surface area (Å²) in [4.78, 5) is 14.3. The highest BCUT2D eigenvalue weighted by atomic mass is 16.2. The number of nitriles is 1. The summed E-state index contributed by atoms with van der Waals surface area (Å²) in [5.41, 5.74) is -0.661. The van der Waals surface area contributed by atoms with Crippen LogP contribution in [0.15, 0.2) is 0 Å². The number of nitrogens with zero attached hydrogens (tertiary/aromatic N) is 2. The Kier molecular flexibility index (Phi) is 2.92. The second-order valence-corrected chi connectivity index (χ2v) is 5.41. The van der Waals surface area contributed by atoms with Gasteiger partial charge < -0.3 is 4.90 Å². The molecule has 0 aromatic rings. The van der Waals surface area contributed by atoms with Crippen LogP contribution >= 0.6 is 0 Å². The lowest BCUT2D eigenvalue weighted by Crippen LogP contribution is -2.53. The third-order valence-electron chi connectivity index (χ3n) is 4.46. The van der Waals surface area contributed by atoms with Crippen LogP contribution in [0, 0.1) is 22.7 Å².